The van der Waals surface area contributed by atoms with Gasteiger partial charge in [0.2, 0.25) is 0 Å². The number of nitrogens with zero attached hydrogens (tertiary/aromatic N) is 3. The van der Waals surface area contributed by atoms with Crippen LogP contribution < -0.4 is 10.2 Å². The Morgan fingerprint density at radius 1 is 1.23 bits per heavy atom. The molecule has 2 fully saturated rings. The second kappa shape index (κ2) is 6.33. The maximum Gasteiger partial charge on any atom is 0.298 e. The van der Waals surface area contributed by atoms with Gasteiger partial charge < -0.3 is 19.4 Å². The van der Waals surface area contributed by atoms with E-state index in [2.05, 4.69) is 41.2 Å². The number of ether oxygens (including phenoxy) is 1. The van der Waals surface area contributed by atoms with Crippen molar-refractivity contribution in [3.05, 3.63) is 29.3 Å². The number of hydrogen-bond donors (Lipinski definition) is 1. The standard InChI is InChI=1S/C19H22N4O2S/c1-11(2)12-5-15(18-20-3-4-26-18)17-16(6-12)22-19(25-17)23-7-13-9-24-10-14(8-23)21-13/h3-6,11,13-14,21H,7-10H2,1-2H3. The van der Waals surface area contributed by atoms with Crippen molar-refractivity contribution < 1.29 is 9.15 Å². The molecule has 5 rings (SSSR count). The van der Waals surface area contributed by atoms with Gasteiger partial charge in [0.25, 0.3) is 6.01 Å². The maximum absolute atomic E-state index is 6.28. The maximum atomic E-state index is 6.28. The highest BCUT2D eigenvalue weighted by Gasteiger charge is 2.32. The number of thiazole rings is 1. The number of oxazole rings is 1. The lowest BCUT2D eigenvalue weighted by Crippen LogP contribution is -2.63. The molecule has 1 N–H and O–H groups in total. The third-order valence-corrected chi connectivity index (χ3v) is 5.90. The summed E-state index contributed by atoms with van der Waals surface area (Å²) in [6.07, 6.45) is 1.84. The molecule has 0 spiro atoms. The normalized spacial score (nSPS) is 23.1. The predicted molar refractivity (Wildman–Crippen MR) is 103 cm³/mol. The Kier molecular flexibility index (Phi) is 3.95. The van der Waals surface area contributed by atoms with Crippen LogP contribution in [-0.2, 0) is 4.74 Å². The Labute approximate surface area is 156 Å². The molecule has 2 bridgehead atoms. The molecule has 6 nitrogen and oxygen atoms in total. The van der Waals surface area contributed by atoms with Gasteiger partial charge in [0.15, 0.2) is 5.58 Å². The van der Waals surface area contributed by atoms with Crippen LogP contribution in [0.4, 0.5) is 6.01 Å². The summed E-state index contributed by atoms with van der Waals surface area (Å²) in [6.45, 7) is 7.60. The van der Waals surface area contributed by atoms with Gasteiger partial charge >= 0.3 is 0 Å². The summed E-state index contributed by atoms with van der Waals surface area (Å²) in [7, 11) is 0. The monoisotopic (exact) mass is 370 g/mol. The van der Waals surface area contributed by atoms with Crippen LogP contribution >= 0.6 is 11.3 Å². The summed E-state index contributed by atoms with van der Waals surface area (Å²) in [6, 6.07) is 5.72. The molecular formula is C19H22N4O2S. The predicted octanol–water partition coefficient (Wildman–Crippen LogP) is 3.25. The van der Waals surface area contributed by atoms with E-state index in [1.165, 1.54) is 5.56 Å². The fourth-order valence-corrected chi connectivity index (χ4v) is 4.43. The highest BCUT2D eigenvalue weighted by atomic mass is 32.1. The van der Waals surface area contributed by atoms with Gasteiger partial charge in [0.05, 0.1) is 18.8 Å². The molecule has 2 saturated heterocycles. The fraction of sp³-hybridized carbons (Fsp3) is 0.474. The van der Waals surface area contributed by atoms with Gasteiger partial charge in [-0.05, 0) is 23.6 Å². The van der Waals surface area contributed by atoms with Crippen molar-refractivity contribution >= 4 is 28.5 Å². The molecule has 26 heavy (non-hydrogen) atoms. The first-order valence-electron chi connectivity index (χ1n) is 9.10. The first-order chi connectivity index (χ1) is 12.7. The molecule has 4 heterocycles. The van der Waals surface area contributed by atoms with E-state index in [1.807, 2.05) is 11.6 Å². The molecule has 0 amide bonds. The van der Waals surface area contributed by atoms with Crippen molar-refractivity contribution in [1.29, 1.82) is 0 Å². The number of morpholine rings is 1. The Morgan fingerprint density at radius 3 is 2.73 bits per heavy atom. The number of anilines is 1. The minimum atomic E-state index is 0.335. The number of aromatic nitrogens is 2. The zero-order chi connectivity index (χ0) is 17.7. The van der Waals surface area contributed by atoms with Crippen molar-refractivity contribution in [2.75, 3.05) is 31.2 Å². The Bertz CT molecular complexity index is 909. The minimum absolute atomic E-state index is 0.335. The van der Waals surface area contributed by atoms with Gasteiger partial charge in [-0.3, -0.25) is 0 Å². The molecule has 1 aromatic carbocycles. The van der Waals surface area contributed by atoms with Crippen molar-refractivity contribution in [1.82, 2.24) is 15.3 Å². The van der Waals surface area contributed by atoms with Crippen molar-refractivity contribution in [3.8, 4) is 10.6 Å². The van der Waals surface area contributed by atoms with Crippen LogP contribution in [0.3, 0.4) is 0 Å². The van der Waals surface area contributed by atoms with Crippen LogP contribution in [0.15, 0.2) is 28.1 Å². The second-order valence-electron chi connectivity index (χ2n) is 7.41. The SMILES string of the molecule is CC(C)c1cc(-c2nccs2)c2oc(N3CC4COCC(C3)N4)nc2c1. The molecule has 2 aliphatic rings. The first-order valence-corrected chi connectivity index (χ1v) is 9.98. The zero-order valence-corrected chi connectivity index (χ0v) is 15.8. The fourth-order valence-electron chi connectivity index (χ4n) is 3.78. The quantitative estimate of drug-likeness (QED) is 0.764. The van der Waals surface area contributed by atoms with Gasteiger partial charge in [0, 0.05) is 36.8 Å². The van der Waals surface area contributed by atoms with E-state index in [1.54, 1.807) is 11.3 Å². The molecule has 3 aromatic rings. The van der Waals surface area contributed by atoms with Crippen molar-refractivity contribution in [2.45, 2.75) is 31.8 Å². The Morgan fingerprint density at radius 2 is 2.04 bits per heavy atom. The van der Waals surface area contributed by atoms with Gasteiger partial charge in [-0.25, -0.2) is 4.98 Å². The zero-order valence-electron chi connectivity index (χ0n) is 14.9. The van der Waals surface area contributed by atoms with Crippen LogP contribution in [0.5, 0.6) is 0 Å². The van der Waals surface area contributed by atoms with Gasteiger partial charge in [-0.2, -0.15) is 4.98 Å². The van der Waals surface area contributed by atoms with Crippen LogP contribution in [0, 0.1) is 0 Å². The van der Waals surface area contributed by atoms with E-state index in [-0.39, 0.29) is 0 Å². The molecule has 0 saturated carbocycles. The third kappa shape index (κ3) is 2.80. The summed E-state index contributed by atoms with van der Waals surface area (Å²) in [5, 5.41) is 6.58. The van der Waals surface area contributed by atoms with E-state index in [0.717, 1.165) is 48.0 Å². The molecule has 2 aromatic heterocycles. The highest BCUT2D eigenvalue weighted by Crippen LogP contribution is 2.36. The lowest BCUT2D eigenvalue weighted by atomic mass is 10.00. The highest BCUT2D eigenvalue weighted by molar-refractivity contribution is 7.13. The number of benzene rings is 1. The molecule has 2 unspecified atom stereocenters. The topological polar surface area (TPSA) is 63.4 Å². The van der Waals surface area contributed by atoms with Gasteiger partial charge in [-0.15, -0.1) is 11.3 Å². The molecule has 2 aliphatic heterocycles. The lowest BCUT2D eigenvalue weighted by Gasteiger charge is -2.41. The van der Waals surface area contributed by atoms with E-state index in [9.17, 15) is 0 Å². The van der Waals surface area contributed by atoms with Crippen molar-refractivity contribution in [3.63, 3.8) is 0 Å². The smallest absolute Gasteiger partial charge is 0.298 e. The van der Waals surface area contributed by atoms with Crippen LogP contribution in [0.25, 0.3) is 21.7 Å². The van der Waals surface area contributed by atoms with Gasteiger partial charge in [0.1, 0.15) is 10.5 Å². The molecule has 136 valence electrons. The number of nitrogens with one attached hydrogen (secondary N) is 1. The average molecular weight is 370 g/mol. The second-order valence-corrected chi connectivity index (χ2v) is 8.30. The average Bonchev–Trinajstić information content (AvgIpc) is 3.30. The Balaban J connectivity index is 1.59. The third-order valence-electron chi connectivity index (χ3n) is 5.09. The summed E-state index contributed by atoms with van der Waals surface area (Å²) in [5.41, 5.74) is 4.04. The largest absolute Gasteiger partial charge is 0.423 e. The first kappa shape index (κ1) is 16.2. The van der Waals surface area contributed by atoms with E-state index < -0.39 is 0 Å². The minimum Gasteiger partial charge on any atom is -0.423 e. The molecule has 7 heteroatoms. The number of hydrogen-bond acceptors (Lipinski definition) is 7. The van der Waals surface area contributed by atoms with Crippen molar-refractivity contribution in [2.24, 2.45) is 0 Å². The van der Waals surface area contributed by atoms with E-state index >= 15 is 0 Å². The molecular weight excluding hydrogens is 348 g/mol. The van der Waals surface area contributed by atoms with E-state index in [0.29, 0.717) is 24.0 Å². The number of fused-ring (bicyclic) bond motifs is 3. The summed E-state index contributed by atoms with van der Waals surface area (Å²) in [4.78, 5) is 11.6. The summed E-state index contributed by atoms with van der Waals surface area (Å²) >= 11 is 1.63. The molecule has 2 atom stereocenters. The van der Waals surface area contributed by atoms with Crippen LogP contribution in [0.2, 0.25) is 0 Å². The van der Waals surface area contributed by atoms with Gasteiger partial charge in [-0.1, -0.05) is 13.8 Å². The van der Waals surface area contributed by atoms with Crippen LogP contribution in [-0.4, -0.2) is 48.4 Å². The van der Waals surface area contributed by atoms with E-state index in [4.69, 9.17) is 14.1 Å². The number of piperazine rings is 1. The Hall–Kier alpha value is -1.96. The summed E-state index contributed by atoms with van der Waals surface area (Å²) in [5.74, 6) is 0.425. The molecule has 0 radical (unpaired) electrons. The molecule has 0 aliphatic carbocycles. The van der Waals surface area contributed by atoms with Crippen LogP contribution in [0.1, 0.15) is 25.3 Å². The lowest BCUT2D eigenvalue weighted by molar-refractivity contribution is 0.0367. The summed E-state index contributed by atoms with van der Waals surface area (Å²) < 4.78 is 11.9. The number of rotatable bonds is 3.